The van der Waals surface area contributed by atoms with E-state index in [0.29, 0.717) is 36.5 Å². The van der Waals surface area contributed by atoms with Crippen LogP contribution in [0.4, 0.5) is 4.39 Å². The third-order valence-corrected chi connectivity index (χ3v) is 5.95. The van der Waals surface area contributed by atoms with Gasteiger partial charge in [0, 0.05) is 66.6 Å². The fourth-order valence-electron chi connectivity index (χ4n) is 4.43. The summed E-state index contributed by atoms with van der Waals surface area (Å²) in [7, 11) is 1.55. The third-order valence-electron chi connectivity index (χ3n) is 5.95. The Labute approximate surface area is 195 Å². The van der Waals surface area contributed by atoms with Crippen molar-refractivity contribution < 1.29 is 13.9 Å². The highest BCUT2D eigenvalue weighted by Crippen LogP contribution is 2.41. The molecule has 5 rings (SSSR count). The topological polar surface area (TPSA) is 92.8 Å². The first-order valence-electron chi connectivity index (χ1n) is 10.7. The number of nitrogens with zero attached hydrogens (tertiary/aromatic N) is 4. The van der Waals surface area contributed by atoms with Crippen molar-refractivity contribution in [1.29, 1.82) is 5.26 Å². The molecule has 0 fully saturated rings. The molecule has 0 unspecified atom stereocenters. The van der Waals surface area contributed by atoms with Gasteiger partial charge in [0.25, 0.3) is 5.91 Å². The third kappa shape index (κ3) is 3.67. The Hall–Kier alpha value is -4.51. The first-order valence-corrected chi connectivity index (χ1v) is 10.7. The molecular formula is C26H20FN5O2. The molecule has 0 radical (unpaired) electrons. The van der Waals surface area contributed by atoms with Gasteiger partial charge in [-0.2, -0.15) is 5.26 Å². The number of amides is 1. The van der Waals surface area contributed by atoms with Crippen LogP contribution in [0, 0.1) is 17.1 Å². The first kappa shape index (κ1) is 21.3. The number of nitriles is 1. The van der Waals surface area contributed by atoms with Crippen molar-refractivity contribution in [2.75, 3.05) is 13.7 Å². The number of methoxy groups -OCH3 is 1. The van der Waals surface area contributed by atoms with Crippen LogP contribution in [-0.4, -0.2) is 34.1 Å². The summed E-state index contributed by atoms with van der Waals surface area (Å²) in [5, 5.41) is 12.5. The van der Waals surface area contributed by atoms with Gasteiger partial charge in [0.15, 0.2) is 0 Å². The Morgan fingerprint density at radius 2 is 1.97 bits per heavy atom. The fourth-order valence-corrected chi connectivity index (χ4v) is 4.43. The second-order valence-corrected chi connectivity index (χ2v) is 7.88. The summed E-state index contributed by atoms with van der Waals surface area (Å²) < 4.78 is 21.1. The second-order valence-electron chi connectivity index (χ2n) is 7.88. The molecule has 0 saturated carbocycles. The summed E-state index contributed by atoms with van der Waals surface area (Å²) in [5.74, 6) is -0.161. The summed E-state index contributed by atoms with van der Waals surface area (Å²) in [6, 6.07) is 13.7. The fraction of sp³-hybridized carbons (Fsp3) is 0.154. The van der Waals surface area contributed by atoms with Crippen LogP contribution < -0.4 is 10.1 Å². The number of benzene rings is 1. The monoisotopic (exact) mass is 453 g/mol. The lowest BCUT2D eigenvalue weighted by Crippen LogP contribution is -2.32. The summed E-state index contributed by atoms with van der Waals surface area (Å²) in [6.45, 7) is 0.806. The van der Waals surface area contributed by atoms with Crippen LogP contribution in [0.3, 0.4) is 0 Å². The maximum Gasteiger partial charge on any atom is 0.253 e. The van der Waals surface area contributed by atoms with Crippen LogP contribution >= 0.6 is 0 Å². The van der Waals surface area contributed by atoms with E-state index in [-0.39, 0.29) is 11.5 Å². The molecule has 8 heteroatoms. The van der Waals surface area contributed by atoms with Crippen LogP contribution in [0.1, 0.15) is 27.2 Å². The molecule has 3 aromatic heterocycles. The number of fused-ring (bicyclic) bond motifs is 1. The largest absolute Gasteiger partial charge is 0.481 e. The van der Waals surface area contributed by atoms with Crippen LogP contribution in [0.5, 0.6) is 5.88 Å². The minimum absolute atomic E-state index is 0.166. The van der Waals surface area contributed by atoms with E-state index >= 15 is 0 Å². The Kier molecular flexibility index (Phi) is 5.52. The number of rotatable bonds is 5. The van der Waals surface area contributed by atoms with Crippen LogP contribution in [-0.2, 0) is 13.0 Å². The van der Waals surface area contributed by atoms with E-state index < -0.39 is 5.82 Å². The maximum atomic E-state index is 13.8. The van der Waals surface area contributed by atoms with Crippen LogP contribution in [0.15, 0.2) is 61.1 Å². The predicted molar refractivity (Wildman–Crippen MR) is 124 cm³/mol. The number of halogens is 1. The highest BCUT2D eigenvalue weighted by Gasteiger charge is 2.31. The number of carbonyl (C=O) groups excluding carboxylic acids is 1. The van der Waals surface area contributed by atoms with Gasteiger partial charge in [0.2, 0.25) is 5.88 Å². The van der Waals surface area contributed by atoms with Gasteiger partial charge in [-0.15, -0.1) is 0 Å². The minimum atomic E-state index is -0.464. The smallest absolute Gasteiger partial charge is 0.253 e. The van der Waals surface area contributed by atoms with E-state index in [0.717, 1.165) is 28.1 Å². The van der Waals surface area contributed by atoms with Crippen molar-refractivity contribution in [3.05, 3.63) is 89.3 Å². The summed E-state index contributed by atoms with van der Waals surface area (Å²) >= 11 is 0. The zero-order valence-corrected chi connectivity index (χ0v) is 18.4. The molecule has 0 spiro atoms. The van der Waals surface area contributed by atoms with Gasteiger partial charge in [0.05, 0.1) is 30.0 Å². The molecule has 4 aromatic rings. The van der Waals surface area contributed by atoms with Crippen molar-refractivity contribution in [2.24, 2.45) is 0 Å². The van der Waals surface area contributed by atoms with Gasteiger partial charge >= 0.3 is 0 Å². The van der Waals surface area contributed by atoms with Crippen molar-refractivity contribution in [2.45, 2.75) is 13.0 Å². The first-order chi connectivity index (χ1) is 16.6. The number of hydrogen-bond acceptors (Lipinski definition) is 5. The maximum absolute atomic E-state index is 13.8. The highest BCUT2D eigenvalue weighted by molar-refractivity contribution is 6.07. The normalized spacial score (nSPS) is 12.6. The highest BCUT2D eigenvalue weighted by atomic mass is 19.1. The molecule has 4 heterocycles. The molecule has 1 aliphatic rings. The van der Waals surface area contributed by atoms with Crippen LogP contribution in [0.25, 0.3) is 22.4 Å². The lowest BCUT2D eigenvalue weighted by molar-refractivity contribution is 0.0946. The molecule has 1 aliphatic heterocycles. The van der Waals surface area contributed by atoms with Gasteiger partial charge in [0.1, 0.15) is 5.82 Å². The van der Waals surface area contributed by atoms with E-state index in [4.69, 9.17) is 4.74 Å². The molecule has 0 bridgehead atoms. The van der Waals surface area contributed by atoms with Gasteiger partial charge in [-0.3, -0.25) is 9.78 Å². The number of nitrogens with one attached hydrogen (secondary N) is 1. The van der Waals surface area contributed by atoms with E-state index in [9.17, 15) is 14.4 Å². The summed E-state index contributed by atoms with van der Waals surface area (Å²) in [4.78, 5) is 21.6. The number of aromatic nitrogens is 3. The quantitative estimate of drug-likeness (QED) is 0.494. The molecule has 0 saturated heterocycles. The Morgan fingerprint density at radius 1 is 1.15 bits per heavy atom. The summed E-state index contributed by atoms with van der Waals surface area (Å²) in [6.07, 6.45) is 5.69. The van der Waals surface area contributed by atoms with Gasteiger partial charge < -0.3 is 14.6 Å². The Balaban J connectivity index is 1.81. The molecule has 1 N–H and O–H groups in total. The molecule has 1 aromatic carbocycles. The Morgan fingerprint density at radius 3 is 2.68 bits per heavy atom. The van der Waals surface area contributed by atoms with Crippen molar-refractivity contribution in [3.8, 4) is 34.3 Å². The SMILES string of the molecule is COc1ccc(-c2c3c(n(Cc4ccc(F)cc4C#N)c2-c2ccncc2)CCNC3=O)cn1. The standard InChI is InChI=1S/C26H20FN5O2/c1-34-22-5-3-17(14-31-22)23-24-21(8-11-30-26(24)33)32(25(23)16-6-9-29-10-7-16)15-18-2-4-20(27)12-19(18)13-28/h2-7,9-10,12,14H,8,11,15H2,1H3,(H,30,33). The molecular weight excluding hydrogens is 433 g/mol. The van der Waals surface area contributed by atoms with E-state index in [1.165, 1.54) is 12.1 Å². The van der Waals surface area contributed by atoms with Gasteiger partial charge in [-0.05, 0) is 35.9 Å². The second kappa shape index (κ2) is 8.79. The van der Waals surface area contributed by atoms with E-state index in [1.807, 2.05) is 18.2 Å². The zero-order valence-electron chi connectivity index (χ0n) is 18.4. The number of ether oxygens (including phenoxy) is 1. The number of pyridine rings is 2. The van der Waals surface area contributed by atoms with Crippen molar-refractivity contribution in [1.82, 2.24) is 19.9 Å². The predicted octanol–water partition coefficient (Wildman–Crippen LogP) is 3.97. The van der Waals surface area contributed by atoms with Crippen molar-refractivity contribution in [3.63, 3.8) is 0 Å². The lowest BCUT2D eigenvalue weighted by atomic mass is 9.96. The van der Waals surface area contributed by atoms with Crippen LogP contribution in [0.2, 0.25) is 0 Å². The zero-order chi connectivity index (χ0) is 23.7. The molecule has 168 valence electrons. The van der Waals surface area contributed by atoms with Gasteiger partial charge in [-0.1, -0.05) is 6.07 Å². The number of carbonyl (C=O) groups is 1. The Bertz CT molecular complexity index is 1420. The molecule has 7 nitrogen and oxygen atoms in total. The summed E-state index contributed by atoms with van der Waals surface area (Å²) in [5.41, 5.74) is 5.54. The molecule has 1 amide bonds. The van der Waals surface area contributed by atoms with Gasteiger partial charge in [-0.25, -0.2) is 9.37 Å². The molecule has 0 atom stereocenters. The average molecular weight is 453 g/mol. The molecule has 0 aliphatic carbocycles. The van der Waals surface area contributed by atoms with E-state index in [1.54, 1.807) is 37.8 Å². The number of hydrogen-bond donors (Lipinski definition) is 1. The minimum Gasteiger partial charge on any atom is -0.481 e. The van der Waals surface area contributed by atoms with E-state index in [2.05, 4.69) is 25.9 Å². The van der Waals surface area contributed by atoms with Crippen molar-refractivity contribution >= 4 is 5.91 Å². The average Bonchev–Trinajstić information content (AvgIpc) is 3.21. The molecule has 34 heavy (non-hydrogen) atoms. The lowest BCUT2D eigenvalue weighted by Gasteiger charge is -2.18.